The van der Waals surface area contributed by atoms with Gasteiger partial charge in [0.25, 0.3) is 0 Å². The molecule has 1 aliphatic rings. The van der Waals surface area contributed by atoms with Crippen LogP contribution in [0, 0.1) is 0 Å². The summed E-state index contributed by atoms with van der Waals surface area (Å²) in [5.41, 5.74) is 0.753. The Balaban J connectivity index is 2.05. The molecule has 0 spiro atoms. The van der Waals surface area contributed by atoms with Crippen molar-refractivity contribution in [3.8, 4) is 0 Å². The Morgan fingerprint density at radius 1 is 1.47 bits per heavy atom. The Labute approximate surface area is 111 Å². The number of aromatic nitrogens is 1. The van der Waals surface area contributed by atoms with E-state index in [2.05, 4.69) is 15.6 Å². The Morgan fingerprint density at radius 2 is 2.21 bits per heavy atom. The maximum absolute atomic E-state index is 12.0. The zero-order chi connectivity index (χ0) is 13.7. The molecule has 19 heavy (non-hydrogen) atoms. The molecule has 0 radical (unpaired) electrons. The second kappa shape index (κ2) is 6.29. The van der Waals surface area contributed by atoms with Crippen molar-refractivity contribution < 1.29 is 14.7 Å². The van der Waals surface area contributed by atoms with Crippen molar-refractivity contribution >= 4 is 11.9 Å². The van der Waals surface area contributed by atoms with Crippen molar-refractivity contribution in [3.63, 3.8) is 0 Å². The quantitative estimate of drug-likeness (QED) is 0.718. The van der Waals surface area contributed by atoms with Gasteiger partial charge in [0.2, 0.25) is 5.91 Å². The van der Waals surface area contributed by atoms with Gasteiger partial charge in [-0.25, -0.2) is 0 Å². The second-order valence-electron chi connectivity index (χ2n) is 4.59. The first-order valence-corrected chi connectivity index (χ1v) is 6.32. The van der Waals surface area contributed by atoms with Crippen LogP contribution in [-0.4, -0.2) is 34.6 Å². The molecule has 2 rings (SSSR count). The lowest BCUT2D eigenvalue weighted by Crippen LogP contribution is -2.42. The minimum Gasteiger partial charge on any atom is -0.481 e. The Bertz CT molecular complexity index is 444. The first-order valence-electron chi connectivity index (χ1n) is 6.32. The number of pyridine rings is 1. The lowest BCUT2D eigenvalue weighted by Gasteiger charge is -2.19. The van der Waals surface area contributed by atoms with E-state index in [0.29, 0.717) is 0 Å². The molecule has 1 aromatic heterocycles. The van der Waals surface area contributed by atoms with Gasteiger partial charge >= 0.3 is 5.97 Å². The van der Waals surface area contributed by atoms with Crippen LogP contribution in [0.3, 0.4) is 0 Å². The van der Waals surface area contributed by atoms with Gasteiger partial charge in [-0.2, -0.15) is 0 Å². The summed E-state index contributed by atoms with van der Waals surface area (Å²) in [5, 5.41) is 14.8. The number of amides is 1. The number of carbonyl (C=O) groups excluding carboxylic acids is 1. The molecule has 6 nitrogen and oxygen atoms in total. The van der Waals surface area contributed by atoms with Crippen LogP contribution in [0.5, 0.6) is 0 Å². The van der Waals surface area contributed by atoms with E-state index in [-0.39, 0.29) is 18.4 Å². The third-order valence-corrected chi connectivity index (χ3v) is 3.18. The molecule has 2 heterocycles. The van der Waals surface area contributed by atoms with Gasteiger partial charge < -0.3 is 15.7 Å². The Kier molecular flexibility index (Phi) is 4.46. The van der Waals surface area contributed by atoms with Gasteiger partial charge in [0.1, 0.15) is 0 Å². The summed E-state index contributed by atoms with van der Waals surface area (Å²) in [7, 11) is 0. The SMILES string of the molecule is O=C(O)C[C@@H](NC(=O)C1CCCN1)c1ccncc1. The second-order valence-corrected chi connectivity index (χ2v) is 4.59. The smallest absolute Gasteiger partial charge is 0.305 e. The third kappa shape index (κ3) is 3.75. The van der Waals surface area contributed by atoms with Crippen molar-refractivity contribution in [1.82, 2.24) is 15.6 Å². The van der Waals surface area contributed by atoms with Crippen LogP contribution in [0.4, 0.5) is 0 Å². The number of carboxylic acids is 1. The Hall–Kier alpha value is -1.95. The van der Waals surface area contributed by atoms with E-state index in [0.717, 1.165) is 24.9 Å². The molecule has 1 unspecified atom stereocenters. The van der Waals surface area contributed by atoms with Crippen LogP contribution in [0.2, 0.25) is 0 Å². The van der Waals surface area contributed by atoms with Crippen LogP contribution < -0.4 is 10.6 Å². The molecular formula is C13H17N3O3. The molecule has 102 valence electrons. The summed E-state index contributed by atoms with van der Waals surface area (Å²) in [6.45, 7) is 0.830. The molecule has 3 N–H and O–H groups in total. The molecule has 0 aromatic carbocycles. The van der Waals surface area contributed by atoms with E-state index >= 15 is 0 Å². The monoisotopic (exact) mass is 263 g/mol. The van der Waals surface area contributed by atoms with E-state index in [1.165, 1.54) is 0 Å². The van der Waals surface area contributed by atoms with Crippen molar-refractivity contribution in [2.75, 3.05) is 6.54 Å². The minimum absolute atomic E-state index is 0.136. The first-order chi connectivity index (χ1) is 9.16. The van der Waals surface area contributed by atoms with Crippen molar-refractivity contribution in [2.24, 2.45) is 0 Å². The summed E-state index contributed by atoms with van der Waals surface area (Å²) >= 11 is 0. The van der Waals surface area contributed by atoms with Crippen LogP contribution in [-0.2, 0) is 9.59 Å². The van der Waals surface area contributed by atoms with E-state index in [9.17, 15) is 9.59 Å². The number of hydrogen-bond donors (Lipinski definition) is 3. The minimum atomic E-state index is -0.943. The van der Waals surface area contributed by atoms with Gasteiger partial charge in [-0.15, -0.1) is 0 Å². The molecule has 0 saturated carbocycles. The number of carbonyl (C=O) groups is 2. The fourth-order valence-electron chi connectivity index (χ4n) is 2.20. The van der Waals surface area contributed by atoms with Crippen LogP contribution in [0.1, 0.15) is 30.9 Å². The summed E-state index contributed by atoms with van der Waals surface area (Å²) in [4.78, 5) is 26.8. The van der Waals surface area contributed by atoms with Crippen LogP contribution in [0.15, 0.2) is 24.5 Å². The molecule has 1 aromatic rings. The van der Waals surface area contributed by atoms with Gasteiger partial charge in [-0.1, -0.05) is 0 Å². The highest BCUT2D eigenvalue weighted by Crippen LogP contribution is 2.17. The van der Waals surface area contributed by atoms with Crippen LogP contribution >= 0.6 is 0 Å². The number of carboxylic acid groups (broad SMARTS) is 1. The van der Waals surface area contributed by atoms with Gasteiger partial charge in [-0.05, 0) is 37.1 Å². The maximum Gasteiger partial charge on any atom is 0.305 e. The Morgan fingerprint density at radius 3 is 2.79 bits per heavy atom. The predicted molar refractivity (Wildman–Crippen MR) is 68.4 cm³/mol. The molecule has 0 bridgehead atoms. The van der Waals surface area contributed by atoms with E-state index in [1.807, 2.05) is 0 Å². The van der Waals surface area contributed by atoms with Gasteiger partial charge in [0, 0.05) is 12.4 Å². The average molecular weight is 263 g/mol. The van der Waals surface area contributed by atoms with Gasteiger partial charge in [0.05, 0.1) is 18.5 Å². The molecule has 1 aliphatic heterocycles. The summed E-state index contributed by atoms with van der Waals surface area (Å²) < 4.78 is 0. The lowest BCUT2D eigenvalue weighted by molar-refractivity contribution is -0.137. The molecule has 1 saturated heterocycles. The first kappa shape index (κ1) is 13.5. The van der Waals surface area contributed by atoms with E-state index in [1.54, 1.807) is 24.5 Å². The molecular weight excluding hydrogens is 246 g/mol. The average Bonchev–Trinajstić information content (AvgIpc) is 2.92. The molecule has 2 atom stereocenters. The zero-order valence-electron chi connectivity index (χ0n) is 10.5. The van der Waals surface area contributed by atoms with E-state index < -0.39 is 12.0 Å². The normalized spacial score (nSPS) is 19.9. The predicted octanol–water partition coefficient (Wildman–Crippen LogP) is 0.466. The summed E-state index contributed by atoms with van der Waals surface area (Å²) in [6, 6.07) is 2.71. The zero-order valence-corrected chi connectivity index (χ0v) is 10.5. The van der Waals surface area contributed by atoms with Crippen molar-refractivity contribution in [1.29, 1.82) is 0 Å². The highest BCUT2D eigenvalue weighted by molar-refractivity contribution is 5.83. The van der Waals surface area contributed by atoms with Crippen molar-refractivity contribution in [2.45, 2.75) is 31.3 Å². The maximum atomic E-state index is 12.0. The fraction of sp³-hybridized carbons (Fsp3) is 0.462. The summed E-state index contributed by atoms with van der Waals surface area (Å²) in [6.07, 6.45) is 4.80. The molecule has 0 aliphatic carbocycles. The topological polar surface area (TPSA) is 91.3 Å². The van der Waals surface area contributed by atoms with E-state index in [4.69, 9.17) is 5.11 Å². The van der Waals surface area contributed by atoms with Gasteiger partial charge in [-0.3, -0.25) is 14.6 Å². The summed E-state index contributed by atoms with van der Waals surface area (Å²) in [5.74, 6) is -1.08. The number of rotatable bonds is 5. The highest BCUT2D eigenvalue weighted by atomic mass is 16.4. The van der Waals surface area contributed by atoms with Crippen molar-refractivity contribution in [3.05, 3.63) is 30.1 Å². The molecule has 1 amide bonds. The largest absolute Gasteiger partial charge is 0.481 e. The standard InChI is InChI=1S/C13H17N3O3/c17-12(18)8-11(9-3-6-14-7-4-9)16-13(19)10-2-1-5-15-10/h3-4,6-7,10-11,15H,1-2,5,8H2,(H,16,19)(H,17,18)/t10?,11-/m1/s1. The molecule has 6 heteroatoms. The highest BCUT2D eigenvalue weighted by Gasteiger charge is 2.25. The van der Waals surface area contributed by atoms with Crippen LogP contribution in [0.25, 0.3) is 0 Å². The van der Waals surface area contributed by atoms with Gasteiger partial charge in [0.15, 0.2) is 0 Å². The number of hydrogen-bond acceptors (Lipinski definition) is 4. The third-order valence-electron chi connectivity index (χ3n) is 3.18. The molecule has 1 fully saturated rings. The fourth-order valence-corrected chi connectivity index (χ4v) is 2.20. The number of nitrogens with one attached hydrogen (secondary N) is 2. The number of aliphatic carboxylic acids is 1. The number of nitrogens with zero attached hydrogens (tertiary/aromatic N) is 1. The lowest BCUT2D eigenvalue weighted by atomic mass is 10.0.